The fraction of sp³-hybridized carbons (Fsp3) is 0.741. The minimum absolute atomic E-state index is 0.117. The Labute approximate surface area is 198 Å². The molecule has 0 radical (unpaired) electrons. The van der Waals surface area contributed by atoms with Gasteiger partial charge in [-0.15, -0.1) is 0 Å². The van der Waals surface area contributed by atoms with Crippen LogP contribution in [0.3, 0.4) is 0 Å². The Morgan fingerprint density at radius 3 is 1.94 bits per heavy atom. The summed E-state index contributed by atoms with van der Waals surface area (Å²) >= 11 is 0. The summed E-state index contributed by atoms with van der Waals surface area (Å²) in [5.41, 5.74) is 0. The lowest BCUT2D eigenvalue weighted by Gasteiger charge is -2.23. The molecule has 0 amide bonds. The van der Waals surface area contributed by atoms with Crippen molar-refractivity contribution >= 4 is 5.97 Å². The molecule has 0 fully saturated rings. The molecule has 0 saturated heterocycles. The number of ether oxygens (including phenoxy) is 3. The van der Waals surface area contributed by atoms with Gasteiger partial charge in [0, 0.05) is 6.42 Å². The molecule has 0 aliphatic heterocycles. The van der Waals surface area contributed by atoms with E-state index in [9.17, 15) is 4.79 Å². The minimum Gasteiger partial charge on any atom is -0.463 e. The van der Waals surface area contributed by atoms with Crippen LogP contribution >= 0.6 is 0 Å². The molecule has 0 heterocycles. The second kappa shape index (κ2) is 22.8. The van der Waals surface area contributed by atoms with Gasteiger partial charge in [0.25, 0.3) is 0 Å². The standard InChI is InChI=1S/C27H50NO4/c1-5-6-7-8-9-10-11-12-13-14-15-16-17-18-19-20-27(29)32-26-25-31-24-23-30-22-21-28(2,3)4/h6-7,9-10,12-13H,5,8,11,14-26H2,1-4H3/q+1/b7-6-,10-9-,13-12-. The molecule has 0 saturated carbocycles. The van der Waals surface area contributed by atoms with E-state index in [2.05, 4.69) is 64.5 Å². The third-order valence-electron chi connectivity index (χ3n) is 4.80. The third-order valence-corrected chi connectivity index (χ3v) is 4.80. The van der Waals surface area contributed by atoms with E-state index < -0.39 is 0 Å². The van der Waals surface area contributed by atoms with Crippen LogP contribution in [0, 0.1) is 0 Å². The van der Waals surface area contributed by atoms with E-state index in [1.165, 1.54) is 19.3 Å². The minimum atomic E-state index is -0.117. The lowest BCUT2D eigenvalue weighted by Crippen LogP contribution is -2.37. The van der Waals surface area contributed by atoms with Crippen LogP contribution < -0.4 is 0 Å². The smallest absolute Gasteiger partial charge is 0.305 e. The molecule has 0 aliphatic carbocycles. The molecule has 0 aliphatic rings. The Balaban J connectivity index is 3.31. The number of carbonyl (C=O) groups is 1. The summed E-state index contributed by atoms with van der Waals surface area (Å²) < 4.78 is 17.0. The van der Waals surface area contributed by atoms with Crippen LogP contribution in [0.1, 0.15) is 71.1 Å². The van der Waals surface area contributed by atoms with Crippen LogP contribution in [-0.2, 0) is 19.0 Å². The molecule has 32 heavy (non-hydrogen) atoms. The number of hydrogen-bond acceptors (Lipinski definition) is 4. The van der Waals surface area contributed by atoms with Crippen molar-refractivity contribution in [3.8, 4) is 0 Å². The molecule has 186 valence electrons. The number of esters is 1. The Hall–Kier alpha value is -1.43. The predicted molar refractivity (Wildman–Crippen MR) is 135 cm³/mol. The normalized spacial score (nSPS) is 12.5. The Kier molecular flexibility index (Phi) is 21.7. The highest BCUT2D eigenvalue weighted by molar-refractivity contribution is 5.69. The van der Waals surface area contributed by atoms with Gasteiger partial charge in [0.15, 0.2) is 0 Å². The van der Waals surface area contributed by atoms with Crippen molar-refractivity contribution < 1.29 is 23.5 Å². The number of quaternary nitrogens is 1. The number of hydrogen-bond donors (Lipinski definition) is 0. The molecule has 0 aromatic carbocycles. The number of nitrogens with zero attached hydrogens (tertiary/aromatic N) is 1. The van der Waals surface area contributed by atoms with E-state index >= 15 is 0 Å². The maximum absolute atomic E-state index is 11.7. The lowest BCUT2D eigenvalue weighted by atomic mass is 10.1. The van der Waals surface area contributed by atoms with Crippen molar-refractivity contribution in [3.63, 3.8) is 0 Å². The molecule has 0 unspecified atom stereocenters. The molecule has 0 atom stereocenters. The van der Waals surface area contributed by atoms with E-state index in [4.69, 9.17) is 14.2 Å². The van der Waals surface area contributed by atoms with Gasteiger partial charge in [-0.2, -0.15) is 0 Å². The SMILES string of the molecule is CC/C=C\C/C=C\C/C=C\CCCCCCCC(=O)OCCOCCOCC[N+](C)(C)C. The molecular formula is C27H50NO4+. The first-order valence-electron chi connectivity index (χ1n) is 12.5. The molecular weight excluding hydrogens is 402 g/mol. The summed E-state index contributed by atoms with van der Waals surface area (Å²) in [6.07, 6.45) is 23.8. The molecule has 0 aromatic heterocycles. The van der Waals surface area contributed by atoms with Crippen molar-refractivity contribution in [2.75, 3.05) is 60.7 Å². The summed E-state index contributed by atoms with van der Waals surface area (Å²) in [5.74, 6) is -0.117. The van der Waals surface area contributed by atoms with Crippen LogP contribution in [-0.4, -0.2) is 71.2 Å². The molecule has 0 N–H and O–H groups in total. The fourth-order valence-electron chi connectivity index (χ4n) is 2.84. The predicted octanol–water partition coefficient (Wildman–Crippen LogP) is 5.86. The first kappa shape index (κ1) is 30.6. The molecule has 0 bridgehead atoms. The van der Waals surface area contributed by atoms with Gasteiger partial charge in [-0.3, -0.25) is 4.79 Å². The van der Waals surface area contributed by atoms with Crippen LogP contribution in [0.5, 0.6) is 0 Å². The average molecular weight is 453 g/mol. The van der Waals surface area contributed by atoms with Gasteiger partial charge in [0.05, 0.1) is 47.6 Å². The van der Waals surface area contributed by atoms with Crippen molar-refractivity contribution in [1.82, 2.24) is 0 Å². The summed E-state index contributed by atoms with van der Waals surface area (Å²) in [5, 5.41) is 0. The highest BCUT2D eigenvalue weighted by atomic mass is 16.6. The molecule has 0 rings (SSSR count). The topological polar surface area (TPSA) is 44.8 Å². The second-order valence-corrected chi connectivity index (χ2v) is 9.06. The summed E-state index contributed by atoms with van der Waals surface area (Å²) in [6, 6.07) is 0. The van der Waals surface area contributed by atoms with Gasteiger partial charge in [-0.25, -0.2) is 0 Å². The maximum atomic E-state index is 11.7. The van der Waals surface area contributed by atoms with Crippen LogP contribution in [0.4, 0.5) is 0 Å². The van der Waals surface area contributed by atoms with Gasteiger partial charge in [0.1, 0.15) is 13.2 Å². The van der Waals surface area contributed by atoms with Gasteiger partial charge in [-0.05, 0) is 38.5 Å². The monoisotopic (exact) mass is 452 g/mol. The van der Waals surface area contributed by atoms with Gasteiger partial charge < -0.3 is 18.7 Å². The maximum Gasteiger partial charge on any atom is 0.305 e. The van der Waals surface area contributed by atoms with E-state index in [0.717, 1.165) is 56.2 Å². The summed E-state index contributed by atoms with van der Waals surface area (Å²) in [4.78, 5) is 11.7. The fourth-order valence-corrected chi connectivity index (χ4v) is 2.84. The summed E-state index contributed by atoms with van der Waals surface area (Å²) in [7, 11) is 6.42. The first-order chi connectivity index (χ1) is 15.5. The molecule has 5 heteroatoms. The van der Waals surface area contributed by atoms with Gasteiger partial charge >= 0.3 is 5.97 Å². The molecule has 0 spiro atoms. The third kappa shape index (κ3) is 26.6. The van der Waals surface area contributed by atoms with Crippen LogP contribution in [0.15, 0.2) is 36.5 Å². The Bertz CT molecular complexity index is 506. The largest absolute Gasteiger partial charge is 0.463 e. The van der Waals surface area contributed by atoms with E-state index in [0.29, 0.717) is 32.8 Å². The van der Waals surface area contributed by atoms with Crippen molar-refractivity contribution in [1.29, 1.82) is 0 Å². The van der Waals surface area contributed by atoms with Gasteiger partial charge in [-0.1, -0.05) is 62.6 Å². The second-order valence-electron chi connectivity index (χ2n) is 9.06. The van der Waals surface area contributed by atoms with E-state index in [-0.39, 0.29) is 5.97 Å². The number of allylic oxidation sites excluding steroid dienone is 6. The quantitative estimate of drug-likeness (QED) is 0.0893. The van der Waals surface area contributed by atoms with Crippen molar-refractivity contribution in [2.45, 2.75) is 71.1 Å². The zero-order valence-electron chi connectivity index (χ0n) is 21.4. The van der Waals surface area contributed by atoms with Crippen LogP contribution in [0.25, 0.3) is 0 Å². The number of likely N-dealkylation sites (N-methyl/N-ethyl adjacent to an activating group) is 1. The first-order valence-corrected chi connectivity index (χ1v) is 12.5. The zero-order valence-corrected chi connectivity index (χ0v) is 21.4. The van der Waals surface area contributed by atoms with Crippen LogP contribution in [0.2, 0.25) is 0 Å². The number of carbonyl (C=O) groups excluding carboxylic acids is 1. The highest BCUT2D eigenvalue weighted by Crippen LogP contribution is 2.08. The zero-order chi connectivity index (χ0) is 23.8. The van der Waals surface area contributed by atoms with Crippen molar-refractivity contribution in [3.05, 3.63) is 36.5 Å². The molecule has 5 nitrogen and oxygen atoms in total. The van der Waals surface area contributed by atoms with Crippen molar-refractivity contribution in [2.24, 2.45) is 0 Å². The Morgan fingerprint density at radius 1 is 0.688 bits per heavy atom. The van der Waals surface area contributed by atoms with E-state index in [1.54, 1.807) is 0 Å². The number of unbranched alkanes of at least 4 members (excludes halogenated alkanes) is 5. The Morgan fingerprint density at radius 2 is 1.25 bits per heavy atom. The lowest BCUT2D eigenvalue weighted by molar-refractivity contribution is -0.870. The van der Waals surface area contributed by atoms with E-state index in [1.807, 2.05) is 0 Å². The average Bonchev–Trinajstić information content (AvgIpc) is 2.74. The summed E-state index contributed by atoms with van der Waals surface area (Å²) in [6.45, 7) is 5.74. The number of rotatable bonds is 22. The van der Waals surface area contributed by atoms with Gasteiger partial charge in [0.2, 0.25) is 0 Å². The molecule has 0 aromatic rings. The highest BCUT2D eigenvalue weighted by Gasteiger charge is 2.05.